The molecule has 0 aliphatic heterocycles. The number of anilines is 1. The van der Waals surface area contributed by atoms with Gasteiger partial charge in [0.25, 0.3) is 0 Å². The van der Waals surface area contributed by atoms with E-state index in [1.54, 1.807) is 0 Å². The first-order valence-electron chi connectivity index (χ1n) is 5.92. The first kappa shape index (κ1) is 15.6. The van der Waals surface area contributed by atoms with Gasteiger partial charge in [0.2, 0.25) is 10.0 Å². The number of carboxylic acids is 1. The summed E-state index contributed by atoms with van der Waals surface area (Å²) in [7, 11) is -0.781. The molecule has 0 saturated heterocycles. The van der Waals surface area contributed by atoms with Crippen molar-refractivity contribution < 1.29 is 18.3 Å². The van der Waals surface area contributed by atoms with Gasteiger partial charge >= 0.3 is 5.97 Å². The molecule has 0 aliphatic carbocycles. The third kappa shape index (κ3) is 2.82. The minimum atomic E-state index is -3.64. The summed E-state index contributed by atoms with van der Waals surface area (Å²) < 4.78 is 33.6. The number of benzene rings is 1. The summed E-state index contributed by atoms with van der Waals surface area (Å²) in [6.45, 7) is 1.48. The number of carboxylic acid groups (broad SMARTS) is 1. The average Bonchev–Trinajstić information content (AvgIpc) is 2.87. The summed E-state index contributed by atoms with van der Waals surface area (Å²) in [5.74, 6) is -1.02. The third-order valence-corrected chi connectivity index (χ3v) is 5.25. The van der Waals surface area contributed by atoms with Gasteiger partial charge in [-0.3, -0.25) is 4.79 Å². The van der Waals surface area contributed by atoms with Crippen molar-refractivity contribution in [2.45, 2.75) is 17.9 Å². The molecule has 0 amide bonds. The van der Waals surface area contributed by atoms with E-state index in [4.69, 9.17) is 5.11 Å². The summed E-state index contributed by atoms with van der Waals surface area (Å²) in [6.07, 6.45) is 0. The van der Waals surface area contributed by atoms with Crippen molar-refractivity contribution in [2.75, 3.05) is 19.4 Å². The van der Waals surface area contributed by atoms with E-state index in [0.29, 0.717) is 11.2 Å². The van der Waals surface area contributed by atoms with Gasteiger partial charge in [0.1, 0.15) is 22.0 Å². The number of aromatic nitrogens is 2. The lowest BCUT2D eigenvalue weighted by molar-refractivity contribution is -0.137. The van der Waals surface area contributed by atoms with Crippen molar-refractivity contribution in [3.05, 3.63) is 12.1 Å². The topological polar surface area (TPSA) is 112 Å². The van der Waals surface area contributed by atoms with Gasteiger partial charge in [-0.25, -0.2) is 12.7 Å². The number of aliphatic carboxylic acids is 1. The summed E-state index contributed by atoms with van der Waals surface area (Å²) in [6, 6.07) is 2.07. The fraction of sp³-hybridized carbons (Fsp3) is 0.364. The molecule has 0 spiro atoms. The van der Waals surface area contributed by atoms with Gasteiger partial charge in [0.15, 0.2) is 0 Å². The normalized spacial score (nSPS) is 13.5. The van der Waals surface area contributed by atoms with Crippen molar-refractivity contribution in [1.82, 2.24) is 13.1 Å². The molecular formula is C11H14N4O4S2. The van der Waals surface area contributed by atoms with E-state index < -0.39 is 22.0 Å². The molecule has 0 bridgehead atoms. The third-order valence-electron chi connectivity index (χ3n) is 2.88. The molecule has 2 rings (SSSR count). The molecule has 1 aromatic carbocycles. The van der Waals surface area contributed by atoms with E-state index >= 15 is 0 Å². The Morgan fingerprint density at radius 1 is 1.33 bits per heavy atom. The molecule has 2 N–H and O–H groups in total. The summed E-state index contributed by atoms with van der Waals surface area (Å²) >= 11 is 0.874. The molecular weight excluding hydrogens is 316 g/mol. The zero-order valence-corrected chi connectivity index (χ0v) is 13.2. The fourth-order valence-electron chi connectivity index (χ4n) is 1.66. The highest BCUT2D eigenvalue weighted by molar-refractivity contribution is 7.89. The Morgan fingerprint density at radius 2 is 1.95 bits per heavy atom. The quantitative estimate of drug-likeness (QED) is 0.834. The Hall–Kier alpha value is -1.78. The smallest absolute Gasteiger partial charge is 0.325 e. The van der Waals surface area contributed by atoms with Crippen molar-refractivity contribution in [2.24, 2.45) is 0 Å². The van der Waals surface area contributed by atoms with Crippen LogP contribution in [-0.4, -0.2) is 52.7 Å². The molecule has 0 saturated carbocycles. The van der Waals surface area contributed by atoms with Crippen LogP contribution in [0.2, 0.25) is 0 Å². The largest absolute Gasteiger partial charge is 0.480 e. The molecule has 8 nitrogen and oxygen atoms in total. The summed E-state index contributed by atoms with van der Waals surface area (Å²) in [4.78, 5) is 10.9. The van der Waals surface area contributed by atoms with Crippen LogP contribution in [0.25, 0.3) is 11.0 Å². The van der Waals surface area contributed by atoms with Crippen LogP contribution in [0, 0.1) is 0 Å². The molecule has 0 fully saturated rings. The van der Waals surface area contributed by atoms with Crippen LogP contribution < -0.4 is 5.32 Å². The molecule has 21 heavy (non-hydrogen) atoms. The van der Waals surface area contributed by atoms with E-state index in [0.717, 1.165) is 16.0 Å². The second kappa shape index (κ2) is 5.54. The maximum absolute atomic E-state index is 12.2. The Labute approximate surface area is 125 Å². The number of hydrogen-bond acceptors (Lipinski definition) is 7. The van der Waals surface area contributed by atoms with Gasteiger partial charge < -0.3 is 10.4 Å². The predicted octanol–water partition coefficient (Wildman–Crippen LogP) is 0.827. The van der Waals surface area contributed by atoms with Crippen molar-refractivity contribution in [3.63, 3.8) is 0 Å². The first-order chi connectivity index (χ1) is 9.75. The lowest BCUT2D eigenvalue weighted by Gasteiger charge is -2.14. The second-order valence-corrected chi connectivity index (χ2v) is 7.21. The second-order valence-electron chi connectivity index (χ2n) is 4.56. The Morgan fingerprint density at radius 3 is 2.52 bits per heavy atom. The molecule has 1 aromatic heterocycles. The molecule has 10 heteroatoms. The van der Waals surface area contributed by atoms with Crippen LogP contribution in [0.3, 0.4) is 0 Å². The summed E-state index contributed by atoms with van der Waals surface area (Å²) in [5, 5.41) is 11.7. The molecule has 1 heterocycles. The number of rotatable bonds is 5. The van der Waals surface area contributed by atoms with Gasteiger partial charge in [0, 0.05) is 14.1 Å². The van der Waals surface area contributed by atoms with Gasteiger partial charge in [-0.15, -0.1) is 0 Å². The minimum absolute atomic E-state index is 0.0461. The van der Waals surface area contributed by atoms with Crippen LogP contribution in [0.5, 0.6) is 0 Å². The lowest BCUT2D eigenvalue weighted by Crippen LogP contribution is -2.26. The van der Waals surface area contributed by atoms with Crippen LogP contribution in [0.15, 0.2) is 17.0 Å². The number of nitrogens with zero attached hydrogens (tertiary/aromatic N) is 3. The molecule has 0 aliphatic rings. The first-order valence-corrected chi connectivity index (χ1v) is 8.09. The zero-order valence-electron chi connectivity index (χ0n) is 11.6. The monoisotopic (exact) mass is 330 g/mol. The van der Waals surface area contributed by atoms with E-state index in [1.807, 2.05) is 0 Å². The van der Waals surface area contributed by atoms with Crippen molar-refractivity contribution in [3.8, 4) is 0 Å². The number of hydrogen-bond donors (Lipinski definition) is 2. The van der Waals surface area contributed by atoms with E-state index in [1.165, 1.54) is 33.2 Å². The minimum Gasteiger partial charge on any atom is -0.480 e. The summed E-state index contributed by atoms with van der Waals surface area (Å²) in [5.41, 5.74) is 1.01. The maximum atomic E-state index is 12.2. The van der Waals surface area contributed by atoms with Gasteiger partial charge in [-0.2, -0.15) is 8.75 Å². The van der Waals surface area contributed by atoms with Crippen LogP contribution in [0.4, 0.5) is 5.69 Å². The predicted molar refractivity (Wildman–Crippen MR) is 79.0 cm³/mol. The van der Waals surface area contributed by atoms with Crippen LogP contribution in [0.1, 0.15) is 6.92 Å². The highest BCUT2D eigenvalue weighted by atomic mass is 32.2. The Kier molecular flexibility index (Phi) is 4.12. The highest BCUT2D eigenvalue weighted by Gasteiger charge is 2.24. The molecule has 0 unspecified atom stereocenters. The highest BCUT2D eigenvalue weighted by Crippen LogP contribution is 2.29. The number of fused-ring (bicyclic) bond motifs is 1. The van der Waals surface area contributed by atoms with Gasteiger partial charge in [-0.1, -0.05) is 0 Å². The van der Waals surface area contributed by atoms with E-state index in [9.17, 15) is 13.2 Å². The molecule has 2 aromatic rings. The number of nitrogens with one attached hydrogen (secondary N) is 1. The lowest BCUT2D eigenvalue weighted by atomic mass is 10.2. The van der Waals surface area contributed by atoms with Crippen LogP contribution in [-0.2, 0) is 14.8 Å². The van der Waals surface area contributed by atoms with Crippen molar-refractivity contribution in [1.29, 1.82) is 0 Å². The van der Waals surface area contributed by atoms with Gasteiger partial charge in [-0.05, 0) is 19.1 Å². The SMILES string of the molecule is C[C@H](Nc1ccc(S(=O)(=O)N(C)C)c2nsnc12)C(=O)O. The Bertz CT molecular complexity index is 785. The number of sulfonamides is 1. The van der Waals surface area contributed by atoms with E-state index in [2.05, 4.69) is 14.1 Å². The van der Waals surface area contributed by atoms with E-state index in [-0.39, 0.29) is 10.4 Å². The van der Waals surface area contributed by atoms with Crippen LogP contribution >= 0.6 is 11.7 Å². The van der Waals surface area contributed by atoms with Gasteiger partial charge in [0.05, 0.1) is 17.4 Å². The fourth-order valence-corrected chi connectivity index (χ4v) is 3.31. The zero-order chi connectivity index (χ0) is 15.8. The molecule has 0 radical (unpaired) electrons. The standard InChI is InChI=1S/C11H14N4O4S2/c1-6(11(16)17)12-7-4-5-8(21(18,19)15(2)3)10-9(7)13-20-14-10/h4-6,12H,1-3H3,(H,16,17)/t6-/m0/s1. The van der Waals surface area contributed by atoms with Crippen molar-refractivity contribution >= 4 is 44.4 Å². The average molecular weight is 330 g/mol. The Balaban J connectivity index is 2.57. The molecule has 1 atom stereocenters. The molecule has 114 valence electrons. The maximum Gasteiger partial charge on any atom is 0.325 e. The number of carbonyl (C=O) groups is 1.